The van der Waals surface area contributed by atoms with Crippen LogP contribution in [0.3, 0.4) is 0 Å². The number of para-hydroxylation sites is 1. The van der Waals surface area contributed by atoms with E-state index in [1.54, 1.807) is 6.07 Å². The molecule has 0 aliphatic heterocycles. The van der Waals surface area contributed by atoms with Crippen molar-refractivity contribution < 1.29 is 9.59 Å². The van der Waals surface area contributed by atoms with E-state index in [0.717, 1.165) is 23.2 Å². The number of nitrogens with zero attached hydrogens (tertiary/aromatic N) is 3. The number of anilines is 1. The van der Waals surface area contributed by atoms with Crippen molar-refractivity contribution in [3.05, 3.63) is 71.0 Å². The standard InChI is InChI=1S/C24H29N5O2S/c1-5-18-11-7-8-13-20(18)26-21(30)15-32-24-28-27-22(29(24)6-2)17(4)25-23(31)19-12-9-10-16(3)14-19/h7-14,17H,5-6,15H2,1-4H3,(H,25,31)(H,26,30)/t17-/m1/s1. The van der Waals surface area contributed by atoms with Gasteiger partial charge in [-0.2, -0.15) is 0 Å². The zero-order valence-electron chi connectivity index (χ0n) is 18.9. The molecule has 2 amide bonds. The zero-order chi connectivity index (χ0) is 23.1. The number of aryl methyl sites for hydroxylation is 2. The average Bonchev–Trinajstić information content (AvgIpc) is 3.21. The SMILES string of the molecule is CCc1ccccc1NC(=O)CSc1nnc([C@@H](C)NC(=O)c2cccc(C)c2)n1CC. The predicted molar refractivity (Wildman–Crippen MR) is 128 cm³/mol. The van der Waals surface area contributed by atoms with E-state index in [4.69, 9.17) is 0 Å². The minimum atomic E-state index is -0.324. The molecule has 0 saturated heterocycles. The van der Waals surface area contributed by atoms with Crippen molar-refractivity contribution in [2.24, 2.45) is 0 Å². The Balaban J connectivity index is 1.63. The second-order valence-electron chi connectivity index (χ2n) is 7.50. The highest BCUT2D eigenvalue weighted by molar-refractivity contribution is 7.99. The van der Waals surface area contributed by atoms with Crippen molar-refractivity contribution in [3.63, 3.8) is 0 Å². The molecule has 1 atom stereocenters. The zero-order valence-corrected chi connectivity index (χ0v) is 19.7. The summed E-state index contributed by atoms with van der Waals surface area (Å²) in [4.78, 5) is 25.1. The Morgan fingerprint density at radius 1 is 1.09 bits per heavy atom. The third-order valence-corrected chi connectivity index (χ3v) is 6.05. The molecule has 3 aromatic rings. The summed E-state index contributed by atoms with van der Waals surface area (Å²) in [5.74, 6) is 0.631. The summed E-state index contributed by atoms with van der Waals surface area (Å²) >= 11 is 1.33. The molecule has 7 nitrogen and oxygen atoms in total. The Bertz CT molecular complexity index is 1100. The molecule has 0 radical (unpaired) electrons. The van der Waals surface area contributed by atoms with Crippen LogP contribution in [0, 0.1) is 6.92 Å². The van der Waals surface area contributed by atoms with E-state index >= 15 is 0 Å². The van der Waals surface area contributed by atoms with Crippen LogP contribution in [0.25, 0.3) is 0 Å². The first-order valence-corrected chi connectivity index (χ1v) is 11.7. The van der Waals surface area contributed by atoms with E-state index in [0.29, 0.717) is 23.1 Å². The van der Waals surface area contributed by atoms with E-state index in [1.807, 2.05) is 67.8 Å². The number of nitrogens with one attached hydrogen (secondary N) is 2. The van der Waals surface area contributed by atoms with Crippen LogP contribution < -0.4 is 10.6 Å². The lowest BCUT2D eigenvalue weighted by molar-refractivity contribution is -0.113. The first-order valence-electron chi connectivity index (χ1n) is 10.7. The van der Waals surface area contributed by atoms with Crippen LogP contribution in [0.2, 0.25) is 0 Å². The Kier molecular flexibility index (Phi) is 8.05. The lowest BCUT2D eigenvalue weighted by Crippen LogP contribution is -2.28. The van der Waals surface area contributed by atoms with Crippen molar-refractivity contribution in [2.75, 3.05) is 11.1 Å². The van der Waals surface area contributed by atoms with Gasteiger partial charge < -0.3 is 15.2 Å². The summed E-state index contributed by atoms with van der Waals surface area (Å²) < 4.78 is 1.93. The van der Waals surface area contributed by atoms with Gasteiger partial charge in [-0.25, -0.2) is 0 Å². The fourth-order valence-electron chi connectivity index (χ4n) is 3.42. The minimum absolute atomic E-state index is 0.0936. The molecule has 1 aromatic heterocycles. The molecule has 2 aromatic carbocycles. The van der Waals surface area contributed by atoms with Gasteiger partial charge >= 0.3 is 0 Å². The van der Waals surface area contributed by atoms with E-state index in [2.05, 4.69) is 27.8 Å². The highest BCUT2D eigenvalue weighted by Crippen LogP contribution is 2.22. The van der Waals surface area contributed by atoms with Gasteiger partial charge in [-0.3, -0.25) is 9.59 Å². The first kappa shape index (κ1) is 23.5. The quantitative estimate of drug-likeness (QED) is 0.471. The maximum Gasteiger partial charge on any atom is 0.251 e. The molecule has 0 aliphatic carbocycles. The highest BCUT2D eigenvalue weighted by atomic mass is 32.2. The summed E-state index contributed by atoms with van der Waals surface area (Å²) in [6.07, 6.45) is 0.850. The molecular formula is C24H29N5O2S. The summed E-state index contributed by atoms with van der Waals surface area (Å²) in [5.41, 5.74) is 3.58. The van der Waals surface area contributed by atoms with Crippen LogP contribution in [0.5, 0.6) is 0 Å². The van der Waals surface area contributed by atoms with Crippen LogP contribution in [0.4, 0.5) is 5.69 Å². The lowest BCUT2D eigenvalue weighted by Gasteiger charge is -2.15. The summed E-state index contributed by atoms with van der Waals surface area (Å²) in [5, 5.41) is 15.2. The van der Waals surface area contributed by atoms with E-state index < -0.39 is 0 Å². The number of benzene rings is 2. The van der Waals surface area contributed by atoms with Crippen LogP contribution >= 0.6 is 11.8 Å². The van der Waals surface area contributed by atoms with E-state index in [9.17, 15) is 9.59 Å². The van der Waals surface area contributed by atoms with Gasteiger partial charge in [0.25, 0.3) is 5.91 Å². The number of hydrogen-bond acceptors (Lipinski definition) is 5. The van der Waals surface area contributed by atoms with Crippen molar-refractivity contribution in [1.82, 2.24) is 20.1 Å². The van der Waals surface area contributed by atoms with Crippen molar-refractivity contribution >= 4 is 29.3 Å². The van der Waals surface area contributed by atoms with Crippen molar-refractivity contribution in [1.29, 1.82) is 0 Å². The fourth-order valence-corrected chi connectivity index (χ4v) is 4.23. The summed E-state index contributed by atoms with van der Waals surface area (Å²) in [6.45, 7) is 8.52. The monoisotopic (exact) mass is 451 g/mol. The Hall–Kier alpha value is -3.13. The molecule has 0 aliphatic rings. The second kappa shape index (κ2) is 10.9. The van der Waals surface area contributed by atoms with Gasteiger partial charge in [0.1, 0.15) is 0 Å². The van der Waals surface area contributed by atoms with Gasteiger partial charge in [0, 0.05) is 17.8 Å². The number of aromatic nitrogens is 3. The molecule has 2 N–H and O–H groups in total. The highest BCUT2D eigenvalue weighted by Gasteiger charge is 2.20. The molecule has 32 heavy (non-hydrogen) atoms. The number of rotatable bonds is 9. The molecular weight excluding hydrogens is 422 g/mol. The van der Waals surface area contributed by atoms with Gasteiger partial charge in [-0.15, -0.1) is 10.2 Å². The number of hydrogen-bond donors (Lipinski definition) is 2. The Morgan fingerprint density at radius 2 is 1.88 bits per heavy atom. The normalized spacial score (nSPS) is 11.8. The van der Waals surface area contributed by atoms with Crippen LogP contribution in [-0.4, -0.2) is 32.3 Å². The lowest BCUT2D eigenvalue weighted by atomic mass is 10.1. The minimum Gasteiger partial charge on any atom is -0.342 e. The fraction of sp³-hybridized carbons (Fsp3) is 0.333. The van der Waals surface area contributed by atoms with Gasteiger partial charge in [0.15, 0.2) is 11.0 Å². The molecule has 0 fully saturated rings. The number of amides is 2. The van der Waals surface area contributed by atoms with Crippen LogP contribution in [-0.2, 0) is 17.8 Å². The average molecular weight is 452 g/mol. The predicted octanol–water partition coefficient (Wildman–Crippen LogP) is 4.39. The maximum atomic E-state index is 12.6. The van der Waals surface area contributed by atoms with E-state index in [1.165, 1.54) is 11.8 Å². The largest absolute Gasteiger partial charge is 0.342 e. The van der Waals surface area contributed by atoms with Gasteiger partial charge in [0.05, 0.1) is 11.8 Å². The topological polar surface area (TPSA) is 88.9 Å². The number of carbonyl (C=O) groups is 2. The first-order chi connectivity index (χ1) is 15.4. The number of carbonyl (C=O) groups excluding carboxylic acids is 2. The van der Waals surface area contributed by atoms with Crippen LogP contribution in [0.15, 0.2) is 53.7 Å². The summed E-state index contributed by atoms with van der Waals surface area (Å²) in [6, 6.07) is 14.9. The Morgan fingerprint density at radius 3 is 2.59 bits per heavy atom. The molecule has 8 heteroatoms. The van der Waals surface area contributed by atoms with E-state index in [-0.39, 0.29) is 23.6 Å². The maximum absolute atomic E-state index is 12.6. The third kappa shape index (κ3) is 5.76. The summed E-state index contributed by atoms with van der Waals surface area (Å²) in [7, 11) is 0. The Labute approximate surface area is 193 Å². The molecule has 1 heterocycles. The number of thioether (sulfide) groups is 1. The third-order valence-electron chi connectivity index (χ3n) is 5.08. The molecule has 0 bridgehead atoms. The van der Waals surface area contributed by atoms with Gasteiger partial charge in [-0.05, 0) is 51.0 Å². The van der Waals surface area contributed by atoms with Gasteiger partial charge in [0.2, 0.25) is 5.91 Å². The molecule has 168 valence electrons. The molecule has 0 spiro atoms. The van der Waals surface area contributed by atoms with Crippen LogP contribution in [0.1, 0.15) is 54.1 Å². The van der Waals surface area contributed by atoms with Gasteiger partial charge in [-0.1, -0.05) is 54.6 Å². The van der Waals surface area contributed by atoms with Crippen molar-refractivity contribution in [2.45, 2.75) is 51.9 Å². The molecule has 3 rings (SSSR count). The molecule has 0 saturated carbocycles. The molecule has 0 unspecified atom stereocenters. The van der Waals surface area contributed by atoms with Crippen molar-refractivity contribution in [3.8, 4) is 0 Å². The smallest absolute Gasteiger partial charge is 0.251 e. The second-order valence-corrected chi connectivity index (χ2v) is 8.44.